The van der Waals surface area contributed by atoms with E-state index in [4.69, 9.17) is 0 Å². The lowest BCUT2D eigenvalue weighted by Crippen LogP contribution is -2.23. The first-order valence-electron chi connectivity index (χ1n) is 6.41. The van der Waals surface area contributed by atoms with Crippen molar-refractivity contribution in [1.29, 1.82) is 0 Å². The van der Waals surface area contributed by atoms with E-state index >= 15 is 0 Å². The van der Waals surface area contributed by atoms with E-state index in [9.17, 15) is 9.00 Å². The van der Waals surface area contributed by atoms with Crippen LogP contribution in [0.5, 0.6) is 0 Å². The van der Waals surface area contributed by atoms with Crippen LogP contribution in [0.4, 0.5) is 0 Å². The zero-order valence-electron chi connectivity index (χ0n) is 11.2. The van der Waals surface area contributed by atoms with Gasteiger partial charge in [0.15, 0.2) is 11.2 Å². The molecule has 0 N–H and O–H groups in total. The average Bonchev–Trinajstić information content (AvgIpc) is 2.83. The van der Waals surface area contributed by atoms with Crippen LogP contribution >= 0.6 is 0 Å². The normalized spacial score (nSPS) is 22.1. The Hall–Kier alpha value is -1.50. The lowest BCUT2D eigenvalue weighted by atomic mass is 10.3. The van der Waals surface area contributed by atoms with Gasteiger partial charge in [-0.15, -0.1) is 0 Å². The first-order chi connectivity index (χ1) is 9.04. The highest BCUT2D eigenvalue weighted by Crippen LogP contribution is 2.20. The molecule has 0 radical (unpaired) electrons. The van der Waals surface area contributed by atoms with Crippen molar-refractivity contribution < 1.29 is 4.21 Å². The van der Waals surface area contributed by atoms with Gasteiger partial charge < -0.3 is 4.57 Å². The van der Waals surface area contributed by atoms with Gasteiger partial charge in [-0.3, -0.25) is 13.6 Å². The smallest absolute Gasteiger partial charge is 0.280 e. The van der Waals surface area contributed by atoms with Crippen LogP contribution in [0.2, 0.25) is 0 Å². The molecule has 102 valence electrons. The second-order valence-electron chi connectivity index (χ2n) is 4.93. The van der Waals surface area contributed by atoms with Crippen LogP contribution in [0, 0.1) is 0 Å². The summed E-state index contributed by atoms with van der Waals surface area (Å²) in [5, 5.41) is 0.304. The van der Waals surface area contributed by atoms with Gasteiger partial charge in [0.25, 0.3) is 5.56 Å². The number of nitrogens with zero attached hydrogens (tertiary/aromatic N) is 4. The molecular formula is C12H16N4O2S. The van der Waals surface area contributed by atoms with Gasteiger partial charge in [0.1, 0.15) is 5.82 Å². The summed E-state index contributed by atoms with van der Waals surface area (Å²) in [7, 11) is 0.632. The lowest BCUT2D eigenvalue weighted by molar-refractivity contribution is 0.625. The fourth-order valence-electron chi connectivity index (χ4n) is 2.48. The van der Waals surface area contributed by atoms with Crippen molar-refractivity contribution in [2.45, 2.75) is 43.6 Å². The maximum Gasteiger partial charge on any atom is 0.280 e. The molecule has 0 aliphatic carbocycles. The number of aryl methyl sites for hydroxylation is 2. The molecule has 0 fully saturated rings. The van der Waals surface area contributed by atoms with E-state index in [1.165, 1.54) is 4.57 Å². The molecule has 0 amide bonds. The zero-order valence-corrected chi connectivity index (χ0v) is 12.0. The highest BCUT2D eigenvalue weighted by Gasteiger charge is 2.30. The predicted octanol–water partition coefficient (Wildman–Crippen LogP) is 0.592. The zero-order chi connectivity index (χ0) is 13.7. The fraction of sp³-hybridized carbons (Fsp3) is 0.583. The van der Waals surface area contributed by atoms with E-state index in [0.717, 1.165) is 18.7 Å². The van der Waals surface area contributed by atoms with E-state index in [1.54, 1.807) is 0 Å². The SMILES string of the molecule is CCCc1nc2nc3n(c(=O)c2n1C)CC(C)S3=O. The quantitative estimate of drug-likeness (QED) is 0.755. The predicted molar refractivity (Wildman–Crippen MR) is 72.6 cm³/mol. The summed E-state index contributed by atoms with van der Waals surface area (Å²) in [6, 6.07) is 0. The highest BCUT2D eigenvalue weighted by molar-refractivity contribution is 7.85. The van der Waals surface area contributed by atoms with Gasteiger partial charge >= 0.3 is 0 Å². The summed E-state index contributed by atoms with van der Waals surface area (Å²) in [6.07, 6.45) is 1.77. The minimum absolute atomic E-state index is 0.0628. The van der Waals surface area contributed by atoms with Gasteiger partial charge in [0.2, 0.25) is 5.16 Å². The van der Waals surface area contributed by atoms with Crippen molar-refractivity contribution in [2.75, 3.05) is 0 Å². The molecule has 2 aromatic heterocycles. The van der Waals surface area contributed by atoms with Crippen LogP contribution in [-0.4, -0.2) is 28.6 Å². The third kappa shape index (κ3) is 1.68. The van der Waals surface area contributed by atoms with Gasteiger partial charge in [-0.1, -0.05) is 6.92 Å². The topological polar surface area (TPSA) is 69.8 Å². The van der Waals surface area contributed by atoms with E-state index in [-0.39, 0.29) is 10.8 Å². The van der Waals surface area contributed by atoms with Gasteiger partial charge in [0.05, 0.1) is 16.0 Å². The maximum absolute atomic E-state index is 12.5. The largest absolute Gasteiger partial charge is 0.325 e. The molecule has 2 unspecified atom stereocenters. The van der Waals surface area contributed by atoms with E-state index in [2.05, 4.69) is 16.9 Å². The Kier molecular flexibility index (Phi) is 2.81. The summed E-state index contributed by atoms with van der Waals surface area (Å²) in [5.74, 6) is 0.852. The summed E-state index contributed by atoms with van der Waals surface area (Å²) >= 11 is 0. The molecule has 3 rings (SSSR count). The number of aromatic nitrogens is 4. The Balaban J connectivity index is 2.32. The highest BCUT2D eigenvalue weighted by atomic mass is 32.2. The van der Waals surface area contributed by atoms with Crippen molar-refractivity contribution in [3.05, 3.63) is 16.2 Å². The third-order valence-corrected chi connectivity index (χ3v) is 5.06. The van der Waals surface area contributed by atoms with Crippen LogP contribution < -0.4 is 5.56 Å². The number of rotatable bonds is 2. The second kappa shape index (κ2) is 4.26. The second-order valence-corrected chi connectivity index (χ2v) is 6.69. The number of fused-ring (bicyclic) bond motifs is 2. The molecule has 0 saturated heterocycles. The molecule has 2 atom stereocenters. The molecule has 6 nitrogen and oxygen atoms in total. The third-order valence-electron chi connectivity index (χ3n) is 3.51. The number of hydrogen-bond donors (Lipinski definition) is 0. The van der Waals surface area contributed by atoms with Crippen LogP contribution in [-0.2, 0) is 30.8 Å². The molecule has 0 saturated carbocycles. The van der Waals surface area contributed by atoms with Crippen molar-refractivity contribution in [2.24, 2.45) is 7.05 Å². The summed E-state index contributed by atoms with van der Waals surface area (Å²) < 4.78 is 15.4. The molecule has 0 bridgehead atoms. The van der Waals surface area contributed by atoms with Gasteiger partial charge in [0, 0.05) is 20.0 Å². The Morgan fingerprint density at radius 2 is 2.16 bits per heavy atom. The first-order valence-corrected chi connectivity index (χ1v) is 7.62. The van der Waals surface area contributed by atoms with Crippen molar-refractivity contribution in [3.63, 3.8) is 0 Å². The Labute approximate surface area is 112 Å². The minimum atomic E-state index is -1.21. The van der Waals surface area contributed by atoms with Crippen LogP contribution in [0.25, 0.3) is 11.2 Å². The maximum atomic E-state index is 12.5. The molecular weight excluding hydrogens is 264 g/mol. The average molecular weight is 280 g/mol. The fourth-order valence-corrected chi connectivity index (χ4v) is 3.67. The summed E-state index contributed by atoms with van der Waals surface area (Å²) in [4.78, 5) is 21.2. The molecule has 0 spiro atoms. The number of imidazole rings is 1. The molecule has 1 aliphatic heterocycles. The van der Waals surface area contributed by atoms with Crippen LogP contribution in [0.3, 0.4) is 0 Å². The Morgan fingerprint density at radius 3 is 2.84 bits per heavy atom. The number of hydrogen-bond acceptors (Lipinski definition) is 4. The summed E-state index contributed by atoms with van der Waals surface area (Å²) in [6.45, 7) is 4.40. The van der Waals surface area contributed by atoms with Crippen molar-refractivity contribution >= 4 is 22.0 Å². The molecule has 7 heteroatoms. The summed E-state index contributed by atoms with van der Waals surface area (Å²) in [5.41, 5.74) is 0.804. The monoisotopic (exact) mass is 280 g/mol. The standard InChI is InChI=1S/C12H16N4O2S/c1-4-5-8-13-10-9(15(8)3)11(17)16-6-7(2)19(18)12(16)14-10/h7H,4-6H2,1-3H3. The Morgan fingerprint density at radius 1 is 1.42 bits per heavy atom. The molecule has 2 aromatic rings. The molecule has 1 aliphatic rings. The van der Waals surface area contributed by atoms with Crippen molar-refractivity contribution in [1.82, 2.24) is 19.1 Å². The van der Waals surface area contributed by atoms with E-state index in [0.29, 0.717) is 22.9 Å². The lowest BCUT2D eigenvalue weighted by Gasteiger charge is -2.02. The van der Waals surface area contributed by atoms with Gasteiger partial charge in [-0.25, -0.2) is 4.98 Å². The van der Waals surface area contributed by atoms with Crippen molar-refractivity contribution in [3.8, 4) is 0 Å². The molecule has 0 aromatic carbocycles. The van der Waals surface area contributed by atoms with Gasteiger partial charge in [-0.2, -0.15) is 4.98 Å². The minimum Gasteiger partial charge on any atom is -0.325 e. The van der Waals surface area contributed by atoms with Crippen LogP contribution in [0.1, 0.15) is 26.1 Å². The molecule has 19 heavy (non-hydrogen) atoms. The van der Waals surface area contributed by atoms with Gasteiger partial charge in [-0.05, 0) is 13.3 Å². The van der Waals surface area contributed by atoms with E-state index in [1.807, 2.05) is 18.5 Å². The van der Waals surface area contributed by atoms with E-state index < -0.39 is 10.8 Å². The van der Waals surface area contributed by atoms with Crippen LogP contribution in [0.15, 0.2) is 9.95 Å². The first kappa shape index (κ1) is 12.5. The Bertz CT molecular complexity index is 746. The molecule has 3 heterocycles.